The lowest BCUT2D eigenvalue weighted by atomic mass is 10.1. The summed E-state index contributed by atoms with van der Waals surface area (Å²) in [6.07, 6.45) is 0. The first-order chi connectivity index (χ1) is 9.63. The Labute approximate surface area is 119 Å². The fourth-order valence-electron chi connectivity index (χ4n) is 1.79. The van der Waals surface area contributed by atoms with E-state index in [0.29, 0.717) is 12.1 Å². The fraction of sp³-hybridized carbons (Fsp3) is 0.231. The SMILES string of the molecule is Cc1ccc(C(=O)NCc2nn3c(C)nnc3s2)cc1. The van der Waals surface area contributed by atoms with E-state index in [0.717, 1.165) is 21.4 Å². The van der Waals surface area contributed by atoms with Crippen LogP contribution in [-0.4, -0.2) is 25.7 Å². The van der Waals surface area contributed by atoms with Crippen molar-refractivity contribution in [1.82, 2.24) is 25.1 Å². The van der Waals surface area contributed by atoms with Crippen molar-refractivity contribution in [3.8, 4) is 0 Å². The van der Waals surface area contributed by atoms with Gasteiger partial charge in [0.25, 0.3) is 5.91 Å². The molecule has 0 saturated heterocycles. The van der Waals surface area contributed by atoms with Crippen LogP contribution in [0.15, 0.2) is 24.3 Å². The van der Waals surface area contributed by atoms with Crippen molar-refractivity contribution in [1.29, 1.82) is 0 Å². The summed E-state index contributed by atoms with van der Waals surface area (Å²) in [5, 5.41) is 15.9. The normalized spacial score (nSPS) is 10.9. The Balaban J connectivity index is 1.69. The minimum absolute atomic E-state index is 0.104. The predicted octanol–water partition coefficient (Wildman–Crippen LogP) is 1.73. The molecule has 3 aromatic rings. The molecule has 0 atom stereocenters. The number of benzene rings is 1. The van der Waals surface area contributed by atoms with Gasteiger partial charge in [0.2, 0.25) is 4.96 Å². The van der Waals surface area contributed by atoms with Gasteiger partial charge in [-0.05, 0) is 26.0 Å². The van der Waals surface area contributed by atoms with Crippen molar-refractivity contribution in [2.45, 2.75) is 20.4 Å². The zero-order chi connectivity index (χ0) is 14.1. The van der Waals surface area contributed by atoms with Crippen molar-refractivity contribution in [2.24, 2.45) is 0 Å². The summed E-state index contributed by atoms with van der Waals surface area (Å²) in [6.45, 7) is 4.22. The summed E-state index contributed by atoms with van der Waals surface area (Å²) in [4.78, 5) is 12.7. The van der Waals surface area contributed by atoms with Crippen LogP contribution in [0.1, 0.15) is 26.8 Å². The molecule has 0 fully saturated rings. The third-order valence-corrected chi connectivity index (χ3v) is 3.80. The lowest BCUT2D eigenvalue weighted by Crippen LogP contribution is -2.22. The lowest BCUT2D eigenvalue weighted by molar-refractivity contribution is 0.0951. The van der Waals surface area contributed by atoms with E-state index < -0.39 is 0 Å². The van der Waals surface area contributed by atoms with Crippen molar-refractivity contribution in [2.75, 3.05) is 0 Å². The van der Waals surface area contributed by atoms with Gasteiger partial charge in [0.15, 0.2) is 5.82 Å². The van der Waals surface area contributed by atoms with Crippen LogP contribution < -0.4 is 5.32 Å². The van der Waals surface area contributed by atoms with E-state index in [1.165, 1.54) is 11.3 Å². The molecule has 2 aromatic heterocycles. The zero-order valence-corrected chi connectivity index (χ0v) is 11.9. The molecule has 0 spiro atoms. The molecule has 1 aromatic carbocycles. The number of carbonyl (C=O) groups is 1. The predicted molar refractivity (Wildman–Crippen MR) is 75.7 cm³/mol. The summed E-state index contributed by atoms with van der Waals surface area (Å²) >= 11 is 1.42. The molecule has 0 aliphatic heterocycles. The Hall–Kier alpha value is -2.28. The number of fused-ring (bicyclic) bond motifs is 1. The van der Waals surface area contributed by atoms with Gasteiger partial charge in [0.05, 0.1) is 6.54 Å². The Morgan fingerprint density at radius 2 is 2.00 bits per heavy atom. The summed E-state index contributed by atoms with van der Waals surface area (Å²) in [6, 6.07) is 7.46. The molecule has 20 heavy (non-hydrogen) atoms. The molecular formula is C13H13N5OS. The number of amides is 1. The highest BCUT2D eigenvalue weighted by Crippen LogP contribution is 2.13. The van der Waals surface area contributed by atoms with E-state index in [1.54, 1.807) is 4.52 Å². The van der Waals surface area contributed by atoms with Crippen LogP contribution in [0.4, 0.5) is 0 Å². The zero-order valence-electron chi connectivity index (χ0n) is 11.1. The van der Waals surface area contributed by atoms with Crippen LogP contribution in [-0.2, 0) is 6.54 Å². The topological polar surface area (TPSA) is 72.2 Å². The molecule has 7 heteroatoms. The van der Waals surface area contributed by atoms with Crippen molar-refractivity contribution in [3.63, 3.8) is 0 Å². The molecule has 0 bridgehead atoms. The number of aryl methyl sites for hydroxylation is 2. The highest BCUT2D eigenvalue weighted by atomic mass is 32.1. The summed E-state index contributed by atoms with van der Waals surface area (Å²) in [5.74, 6) is 0.639. The highest BCUT2D eigenvalue weighted by Gasteiger charge is 2.10. The number of carbonyl (C=O) groups excluding carboxylic acids is 1. The van der Waals surface area contributed by atoms with Gasteiger partial charge in [0.1, 0.15) is 5.01 Å². The van der Waals surface area contributed by atoms with Gasteiger partial charge in [-0.1, -0.05) is 29.0 Å². The summed E-state index contributed by atoms with van der Waals surface area (Å²) < 4.78 is 1.68. The monoisotopic (exact) mass is 287 g/mol. The van der Waals surface area contributed by atoms with Crippen LogP contribution >= 0.6 is 11.3 Å². The van der Waals surface area contributed by atoms with Crippen LogP contribution in [0.5, 0.6) is 0 Å². The average molecular weight is 287 g/mol. The molecule has 0 saturated carbocycles. The molecule has 0 radical (unpaired) electrons. The fourth-order valence-corrected chi connectivity index (χ4v) is 2.61. The molecule has 1 N–H and O–H groups in total. The second-order valence-corrected chi connectivity index (χ2v) is 5.53. The van der Waals surface area contributed by atoms with Gasteiger partial charge in [-0.15, -0.1) is 10.2 Å². The summed E-state index contributed by atoms with van der Waals surface area (Å²) in [5.41, 5.74) is 1.78. The molecule has 102 valence electrons. The molecule has 0 aliphatic carbocycles. The van der Waals surface area contributed by atoms with Crippen LogP contribution in [0, 0.1) is 13.8 Å². The van der Waals surface area contributed by atoms with E-state index in [4.69, 9.17) is 0 Å². The van der Waals surface area contributed by atoms with Crippen LogP contribution in [0.25, 0.3) is 4.96 Å². The minimum Gasteiger partial charge on any atom is -0.345 e. The first-order valence-corrected chi connectivity index (χ1v) is 6.98. The van der Waals surface area contributed by atoms with Crippen molar-refractivity contribution < 1.29 is 4.79 Å². The van der Waals surface area contributed by atoms with E-state index in [1.807, 2.05) is 38.1 Å². The second kappa shape index (κ2) is 5.01. The van der Waals surface area contributed by atoms with Gasteiger partial charge >= 0.3 is 0 Å². The maximum atomic E-state index is 12.0. The average Bonchev–Trinajstić information content (AvgIpc) is 2.99. The van der Waals surface area contributed by atoms with Gasteiger partial charge in [-0.25, -0.2) is 0 Å². The molecule has 0 unspecified atom stereocenters. The first-order valence-electron chi connectivity index (χ1n) is 6.16. The van der Waals surface area contributed by atoms with E-state index >= 15 is 0 Å². The largest absolute Gasteiger partial charge is 0.345 e. The molecular weight excluding hydrogens is 274 g/mol. The van der Waals surface area contributed by atoms with Gasteiger partial charge in [-0.2, -0.15) is 9.61 Å². The van der Waals surface area contributed by atoms with Gasteiger partial charge < -0.3 is 5.32 Å². The van der Waals surface area contributed by atoms with Crippen molar-refractivity contribution in [3.05, 3.63) is 46.2 Å². The maximum absolute atomic E-state index is 12.0. The van der Waals surface area contributed by atoms with Gasteiger partial charge in [0, 0.05) is 5.56 Å². The standard InChI is InChI=1S/C13H13N5OS/c1-8-3-5-10(6-4-8)12(19)14-7-11-17-18-9(2)15-16-13(18)20-11/h3-6H,7H2,1-2H3,(H,14,19). The van der Waals surface area contributed by atoms with Crippen LogP contribution in [0.3, 0.4) is 0 Å². The lowest BCUT2D eigenvalue weighted by Gasteiger charge is -2.03. The molecule has 3 rings (SSSR count). The number of nitrogens with zero attached hydrogens (tertiary/aromatic N) is 4. The quantitative estimate of drug-likeness (QED) is 0.796. The third-order valence-electron chi connectivity index (χ3n) is 2.90. The maximum Gasteiger partial charge on any atom is 0.251 e. The van der Waals surface area contributed by atoms with Crippen LogP contribution in [0.2, 0.25) is 0 Å². The number of rotatable bonds is 3. The Bertz CT molecular complexity index is 759. The highest BCUT2D eigenvalue weighted by molar-refractivity contribution is 7.16. The summed E-state index contributed by atoms with van der Waals surface area (Å²) in [7, 11) is 0. The smallest absolute Gasteiger partial charge is 0.251 e. The van der Waals surface area contributed by atoms with E-state index in [9.17, 15) is 4.79 Å². The second-order valence-electron chi connectivity index (χ2n) is 4.49. The number of aromatic nitrogens is 4. The molecule has 2 heterocycles. The molecule has 1 amide bonds. The third kappa shape index (κ3) is 2.39. The first kappa shape index (κ1) is 12.7. The Morgan fingerprint density at radius 3 is 2.70 bits per heavy atom. The number of hydrogen-bond donors (Lipinski definition) is 1. The van der Waals surface area contributed by atoms with E-state index in [-0.39, 0.29) is 5.91 Å². The Kier molecular flexibility index (Phi) is 3.19. The number of nitrogens with one attached hydrogen (secondary N) is 1. The van der Waals surface area contributed by atoms with E-state index in [2.05, 4.69) is 20.6 Å². The van der Waals surface area contributed by atoms with Crippen molar-refractivity contribution >= 4 is 22.2 Å². The molecule has 0 aliphatic rings. The minimum atomic E-state index is -0.104. The molecule has 6 nitrogen and oxygen atoms in total. The Morgan fingerprint density at radius 1 is 1.25 bits per heavy atom. The number of hydrogen-bond acceptors (Lipinski definition) is 5. The van der Waals surface area contributed by atoms with Gasteiger partial charge in [-0.3, -0.25) is 4.79 Å².